The molecule has 0 aromatic rings. The van der Waals surface area contributed by atoms with E-state index in [0.29, 0.717) is 13.0 Å². The molecule has 1 aliphatic rings. The Bertz CT molecular complexity index is 211. The van der Waals surface area contributed by atoms with Crippen molar-refractivity contribution in [2.75, 3.05) is 13.7 Å². The molecule has 102 valence electrons. The Morgan fingerprint density at radius 1 is 1.24 bits per heavy atom. The van der Waals surface area contributed by atoms with Crippen LogP contribution in [0.3, 0.4) is 0 Å². The fourth-order valence-electron chi connectivity index (χ4n) is 2.62. The summed E-state index contributed by atoms with van der Waals surface area (Å²) in [6.07, 6.45) is 3.28. The van der Waals surface area contributed by atoms with Gasteiger partial charge in [-0.05, 0) is 25.2 Å². The molecule has 0 radical (unpaired) electrons. The smallest absolute Gasteiger partial charge is 0.0827 e. The number of methoxy groups -OCH3 is 1. The predicted octanol–water partition coefficient (Wildman–Crippen LogP) is 1.30. The first kappa shape index (κ1) is 14.9. The van der Waals surface area contributed by atoms with Crippen LogP contribution in [0, 0.1) is 5.92 Å². The first-order valence-electron chi connectivity index (χ1n) is 6.70. The van der Waals surface area contributed by atoms with Crippen LogP contribution in [0.2, 0.25) is 0 Å². The normalized spacial score (nSPS) is 39.7. The number of ether oxygens (including phenoxy) is 2. The first-order valence-corrected chi connectivity index (χ1v) is 6.70. The quantitative estimate of drug-likeness (QED) is 0.783. The van der Waals surface area contributed by atoms with Crippen molar-refractivity contribution in [1.29, 1.82) is 0 Å². The number of rotatable bonds is 4. The summed E-state index contributed by atoms with van der Waals surface area (Å²) in [5.41, 5.74) is 6.04. The largest absolute Gasteiger partial charge is 0.391 e. The summed E-state index contributed by atoms with van der Waals surface area (Å²) in [6.45, 7) is 4.77. The highest BCUT2D eigenvalue weighted by atomic mass is 16.5. The van der Waals surface area contributed by atoms with E-state index in [1.807, 2.05) is 0 Å². The zero-order chi connectivity index (χ0) is 12.8. The second-order valence-electron chi connectivity index (χ2n) is 5.04. The van der Waals surface area contributed by atoms with Gasteiger partial charge < -0.3 is 20.3 Å². The summed E-state index contributed by atoms with van der Waals surface area (Å²) in [7, 11) is 1.67. The lowest BCUT2D eigenvalue weighted by molar-refractivity contribution is -0.0943. The minimum Gasteiger partial charge on any atom is -0.391 e. The van der Waals surface area contributed by atoms with E-state index in [9.17, 15) is 5.11 Å². The third kappa shape index (κ3) is 4.21. The predicted molar refractivity (Wildman–Crippen MR) is 67.8 cm³/mol. The summed E-state index contributed by atoms with van der Waals surface area (Å²) in [6, 6.07) is -0.210. The van der Waals surface area contributed by atoms with Gasteiger partial charge >= 0.3 is 0 Å². The highest BCUT2D eigenvalue weighted by Crippen LogP contribution is 2.26. The van der Waals surface area contributed by atoms with E-state index in [4.69, 9.17) is 15.2 Å². The van der Waals surface area contributed by atoms with E-state index in [0.717, 1.165) is 19.3 Å². The van der Waals surface area contributed by atoms with Gasteiger partial charge in [0.15, 0.2) is 0 Å². The van der Waals surface area contributed by atoms with E-state index >= 15 is 0 Å². The van der Waals surface area contributed by atoms with Gasteiger partial charge in [0.25, 0.3) is 0 Å². The minimum absolute atomic E-state index is 0.00686. The van der Waals surface area contributed by atoms with E-state index in [1.54, 1.807) is 7.11 Å². The molecule has 1 heterocycles. The Hall–Kier alpha value is -0.160. The number of nitrogens with two attached hydrogens (primary N) is 1. The molecule has 3 N–H and O–H groups in total. The SMILES string of the molecule is CCC1CC(CC)C(O)C(N)CC(COC)O1. The van der Waals surface area contributed by atoms with Crippen LogP contribution in [-0.2, 0) is 9.47 Å². The molecule has 0 amide bonds. The van der Waals surface area contributed by atoms with Gasteiger partial charge in [0.2, 0.25) is 0 Å². The second kappa shape index (κ2) is 7.31. The summed E-state index contributed by atoms with van der Waals surface area (Å²) in [5.74, 6) is 0.249. The molecule has 5 unspecified atom stereocenters. The topological polar surface area (TPSA) is 64.7 Å². The van der Waals surface area contributed by atoms with E-state index in [-0.39, 0.29) is 24.2 Å². The standard InChI is InChI=1S/C13H27NO3/c1-4-9-6-10(5-2)17-11(8-16-3)7-12(14)13(9)15/h9-13,15H,4-8,14H2,1-3H3. The Balaban J connectivity index is 2.69. The van der Waals surface area contributed by atoms with Crippen LogP contribution in [0.1, 0.15) is 39.5 Å². The van der Waals surface area contributed by atoms with E-state index in [2.05, 4.69) is 13.8 Å². The van der Waals surface area contributed by atoms with Crippen LogP contribution >= 0.6 is 0 Å². The fraction of sp³-hybridized carbons (Fsp3) is 1.00. The van der Waals surface area contributed by atoms with Gasteiger partial charge in [0.05, 0.1) is 24.9 Å². The minimum atomic E-state index is -0.419. The summed E-state index contributed by atoms with van der Waals surface area (Å²) < 4.78 is 11.2. The van der Waals surface area contributed by atoms with Crippen LogP contribution in [0.5, 0.6) is 0 Å². The molecule has 0 bridgehead atoms. The third-order valence-corrected chi connectivity index (χ3v) is 3.74. The molecule has 0 spiro atoms. The van der Waals surface area contributed by atoms with Crippen LogP contribution in [0.15, 0.2) is 0 Å². The highest BCUT2D eigenvalue weighted by molar-refractivity contribution is 4.85. The summed E-state index contributed by atoms with van der Waals surface area (Å²) >= 11 is 0. The van der Waals surface area contributed by atoms with Gasteiger partial charge in [0, 0.05) is 13.2 Å². The molecular formula is C13H27NO3. The van der Waals surface area contributed by atoms with Crippen molar-refractivity contribution in [1.82, 2.24) is 0 Å². The number of aliphatic hydroxyl groups is 1. The van der Waals surface area contributed by atoms with Crippen molar-refractivity contribution in [3.63, 3.8) is 0 Å². The lowest BCUT2D eigenvalue weighted by Crippen LogP contribution is -2.47. The average Bonchev–Trinajstić information content (AvgIpc) is 2.32. The van der Waals surface area contributed by atoms with Gasteiger partial charge in [-0.1, -0.05) is 20.3 Å². The maximum atomic E-state index is 10.2. The molecule has 1 rings (SSSR count). The maximum absolute atomic E-state index is 10.2. The van der Waals surface area contributed by atoms with Crippen LogP contribution in [0.25, 0.3) is 0 Å². The molecule has 4 nitrogen and oxygen atoms in total. The lowest BCUT2D eigenvalue weighted by Gasteiger charge is -2.36. The average molecular weight is 245 g/mol. The van der Waals surface area contributed by atoms with Crippen LogP contribution in [0.4, 0.5) is 0 Å². The first-order chi connectivity index (χ1) is 8.12. The van der Waals surface area contributed by atoms with Crippen LogP contribution < -0.4 is 5.73 Å². The summed E-state index contributed by atoms with van der Waals surface area (Å²) in [4.78, 5) is 0. The van der Waals surface area contributed by atoms with E-state index in [1.165, 1.54) is 0 Å². The Morgan fingerprint density at radius 3 is 2.47 bits per heavy atom. The molecule has 0 aromatic heterocycles. The molecule has 1 saturated heterocycles. The molecule has 0 saturated carbocycles. The number of hydrogen-bond acceptors (Lipinski definition) is 4. The van der Waals surface area contributed by atoms with Crippen molar-refractivity contribution >= 4 is 0 Å². The molecule has 5 atom stereocenters. The Kier molecular flexibility index (Phi) is 6.41. The molecule has 1 aliphatic heterocycles. The van der Waals surface area contributed by atoms with Gasteiger partial charge in [-0.3, -0.25) is 0 Å². The highest BCUT2D eigenvalue weighted by Gasteiger charge is 2.32. The Labute approximate surface area is 104 Å². The lowest BCUT2D eigenvalue weighted by atomic mass is 9.85. The molecule has 4 heteroatoms. The van der Waals surface area contributed by atoms with Gasteiger partial charge in [-0.2, -0.15) is 0 Å². The van der Waals surface area contributed by atoms with Gasteiger partial charge in [0.1, 0.15) is 0 Å². The molecular weight excluding hydrogens is 218 g/mol. The van der Waals surface area contributed by atoms with Crippen molar-refractivity contribution in [3.05, 3.63) is 0 Å². The van der Waals surface area contributed by atoms with Crippen molar-refractivity contribution in [2.24, 2.45) is 11.7 Å². The molecule has 17 heavy (non-hydrogen) atoms. The van der Waals surface area contributed by atoms with E-state index < -0.39 is 6.10 Å². The van der Waals surface area contributed by atoms with Gasteiger partial charge in [-0.15, -0.1) is 0 Å². The molecule has 0 aromatic carbocycles. The summed E-state index contributed by atoms with van der Waals surface area (Å²) in [5, 5.41) is 10.2. The number of aliphatic hydroxyl groups excluding tert-OH is 1. The second-order valence-corrected chi connectivity index (χ2v) is 5.04. The monoisotopic (exact) mass is 245 g/mol. The zero-order valence-corrected chi connectivity index (χ0v) is 11.3. The van der Waals surface area contributed by atoms with Crippen molar-refractivity contribution < 1.29 is 14.6 Å². The molecule has 0 aliphatic carbocycles. The number of hydrogen-bond donors (Lipinski definition) is 2. The Morgan fingerprint density at radius 2 is 1.94 bits per heavy atom. The molecule has 1 fully saturated rings. The van der Waals surface area contributed by atoms with Crippen LogP contribution in [-0.4, -0.2) is 43.2 Å². The zero-order valence-electron chi connectivity index (χ0n) is 11.3. The third-order valence-electron chi connectivity index (χ3n) is 3.74. The van der Waals surface area contributed by atoms with Crippen molar-refractivity contribution in [3.8, 4) is 0 Å². The van der Waals surface area contributed by atoms with Crippen molar-refractivity contribution in [2.45, 2.75) is 63.9 Å². The van der Waals surface area contributed by atoms with Gasteiger partial charge in [-0.25, -0.2) is 0 Å². The fourth-order valence-corrected chi connectivity index (χ4v) is 2.62. The maximum Gasteiger partial charge on any atom is 0.0827 e.